The van der Waals surface area contributed by atoms with Crippen LogP contribution in [0.25, 0.3) is 0 Å². The molecule has 0 aliphatic rings. The van der Waals surface area contributed by atoms with Gasteiger partial charge in [0.05, 0.1) is 0 Å². The number of carbonyl (C=O) groups is 1. The molecule has 1 atom stereocenters. The van der Waals surface area contributed by atoms with Gasteiger partial charge in [0.1, 0.15) is 0 Å². The topological polar surface area (TPSA) is 65.0 Å². The molecule has 0 rings (SSSR count). The van der Waals surface area contributed by atoms with Crippen molar-refractivity contribution in [3.05, 3.63) is 0 Å². The highest BCUT2D eigenvalue weighted by Crippen LogP contribution is 2.32. The van der Waals surface area contributed by atoms with Crippen LogP contribution >= 0.6 is 0 Å². The lowest BCUT2D eigenvalue weighted by atomic mass is 9.92. The molecule has 1 unspecified atom stereocenters. The van der Waals surface area contributed by atoms with E-state index < -0.39 is 11.9 Å². The lowest BCUT2D eigenvalue weighted by Gasteiger charge is -2.36. The van der Waals surface area contributed by atoms with Crippen LogP contribution in [0.15, 0.2) is 0 Å². The third-order valence-corrected chi connectivity index (χ3v) is 4.20. The van der Waals surface area contributed by atoms with Crippen molar-refractivity contribution in [2.45, 2.75) is 77.1 Å². The summed E-state index contributed by atoms with van der Waals surface area (Å²) in [6.07, 6.45) is 9.74. The largest absolute Gasteiger partial charge is 0.481 e. The lowest BCUT2D eigenvalue weighted by Crippen LogP contribution is -2.44. The molecule has 5 heteroatoms. The first-order valence-corrected chi connectivity index (χ1v) is 8.43. The van der Waals surface area contributed by atoms with E-state index >= 15 is 0 Å². The number of rotatable bonds is 15. The van der Waals surface area contributed by atoms with Gasteiger partial charge in [0, 0.05) is 33.7 Å². The van der Waals surface area contributed by atoms with Crippen molar-refractivity contribution >= 4 is 5.97 Å². The molecule has 22 heavy (non-hydrogen) atoms. The smallest absolute Gasteiger partial charge is 0.303 e. The molecule has 1 N–H and O–H groups in total. The van der Waals surface area contributed by atoms with Gasteiger partial charge in [-0.15, -0.1) is 0 Å². The second kappa shape index (κ2) is 12.9. The highest BCUT2D eigenvalue weighted by molar-refractivity contribution is 5.66. The van der Waals surface area contributed by atoms with Gasteiger partial charge in [-0.1, -0.05) is 45.4 Å². The molecule has 132 valence electrons. The van der Waals surface area contributed by atoms with E-state index in [-0.39, 0.29) is 12.3 Å². The standard InChI is InChI=1S/C17H34O5/c1-5-6-7-8-9-10-12-15(13-11-14-16(18)19)17(20-2,21-3)22-4/h15H,5-14H2,1-4H3,(H,18,19). The average molecular weight is 318 g/mol. The minimum Gasteiger partial charge on any atom is -0.481 e. The Morgan fingerprint density at radius 2 is 1.41 bits per heavy atom. The molecule has 5 nitrogen and oxygen atoms in total. The minimum absolute atomic E-state index is 0.0398. The number of hydrogen-bond donors (Lipinski definition) is 1. The Balaban J connectivity index is 4.41. The van der Waals surface area contributed by atoms with Crippen molar-refractivity contribution in [1.82, 2.24) is 0 Å². The molecule has 0 aromatic carbocycles. The number of ether oxygens (including phenoxy) is 3. The van der Waals surface area contributed by atoms with Crippen LogP contribution in [0.1, 0.15) is 71.1 Å². The van der Waals surface area contributed by atoms with E-state index in [2.05, 4.69) is 6.92 Å². The van der Waals surface area contributed by atoms with Crippen LogP contribution in [0, 0.1) is 5.92 Å². The van der Waals surface area contributed by atoms with Crippen molar-refractivity contribution in [3.63, 3.8) is 0 Å². The number of aliphatic carboxylic acids is 1. The first-order chi connectivity index (χ1) is 10.6. The molecule has 0 aromatic rings. The van der Waals surface area contributed by atoms with Crippen LogP contribution in [-0.2, 0) is 19.0 Å². The molecule has 0 aliphatic heterocycles. The first-order valence-electron chi connectivity index (χ1n) is 8.43. The highest BCUT2D eigenvalue weighted by atomic mass is 16.9. The van der Waals surface area contributed by atoms with Gasteiger partial charge in [0.2, 0.25) is 0 Å². The van der Waals surface area contributed by atoms with Gasteiger partial charge in [-0.25, -0.2) is 0 Å². The van der Waals surface area contributed by atoms with Crippen LogP contribution in [0.2, 0.25) is 0 Å². The predicted molar refractivity (Wildman–Crippen MR) is 86.7 cm³/mol. The Morgan fingerprint density at radius 3 is 1.91 bits per heavy atom. The Morgan fingerprint density at radius 1 is 0.909 bits per heavy atom. The van der Waals surface area contributed by atoms with E-state index in [9.17, 15) is 4.79 Å². The Hall–Kier alpha value is -0.650. The average Bonchev–Trinajstić information content (AvgIpc) is 2.51. The molecule has 0 fully saturated rings. The van der Waals surface area contributed by atoms with Crippen molar-refractivity contribution in [2.24, 2.45) is 5.92 Å². The summed E-state index contributed by atoms with van der Waals surface area (Å²) < 4.78 is 16.4. The van der Waals surface area contributed by atoms with Gasteiger partial charge < -0.3 is 19.3 Å². The molecule has 0 radical (unpaired) electrons. The highest BCUT2D eigenvalue weighted by Gasteiger charge is 2.39. The normalized spacial score (nSPS) is 13.3. The SMILES string of the molecule is CCCCCCCCC(CCCC(=O)O)C(OC)(OC)OC. The maximum Gasteiger partial charge on any atom is 0.303 e. The summed E-state index contributed by atoms with van der Waals surface area (Å²) in [5.41, 5.74) is 0. The number of unbranched alkanes of at least 4 members (excludes halogenated alkanes) is 5. The second-order valence-electron chi connectivity index (χ2n) is 5.76. The predicted octanol–water partition coefficient (Wildman–Crippen LogP) is 4.20. The molecule has 0 saturated carbocycles. The van der Waals surface area contributed by atoms with Crippen LogP contribution in [0.3, 0.4) is 0 Å². The summed E-state index contributed by atoms with van der Waals surface area (Å²) in [5.74, 6) is -1.80. The van der Waals surface area contributed by atoms with Gasteiger partial charge in [0.25, 0.3) is 5.97 Å². The van der Waals surface area contributed by atoms with Crippen molar-refractivity contribution in [2.75, 3.05) is 21.3 Å². The summed E-state index contributed by atoms with van der Waals surface area (Å²) in [7, 11) is 4.70. The molecule has 0 heterocycles. The Kier molecular flexibility index (Phi) is 12.5. The number of carboxylic acids is 1. The van der Waals surface area contributed by atoms with Gasteiger partial charge in [-0.05, 0) is 19.3 Å². The van der Waals surface area contributed by atoms with E-state index in [1.807, 2.05) is 0 Å². The van der Waals surface area contributed by atoms with Crippen LogP contribution < -0.4 is 0 Å². The molecule has 0 aliphatic carbocycles. The molecule has 0 aromatic heterocycles. The second-order valence-corrected chi connectivity index (χ2v) is 5.76. The fraction of sp³-hybridized carbons (Fsp3) is 0.941. The van der Waals surface area contributed by atoms with Crippen LogP contribution in [-0.4, -0.2) is 38.4 Å². The third kappa shape index (κ3) is 8.11. The summed E-state index contributed by atoms with van der Waals surface area (Å²) in [6, 6.07) is 0. The van der Waals surface area contributed by atoms with Crippen LogP contribution in [0.4, 0.5) is 0 Å². The number of hydrogen-bond acceptors (Lipinski definition) is 4. The Labute approximate surface area is 135 Å². The monoisotopic (exact) mass is 318 g/mol. The maximum absolute atomic E-state index is 10.7. The fourth-order valence-corrected chi connectivity index (χ4v) is 2.92. The number of carboxylic acid groups (broad SMARTS) is 1. The zero-order valence-corrected chi connectivity index (χ0v) is 14.7. The van der Waals surface area contributed by atoms with Gasteiger partial charge >= 0.3 is 5.97 Å². The van der Waals surface area contributed by atoms with Gasteiger partial charge in [-0.2, -0.15) is 0 Å². The lowest BCUT2D eigenvalue weighted by molar-refractivity contribution is -0.380. The molecular weight excluding hydrogens is 284 g/mol. The fourth-order valence-electron chi connectivity index (χ4n) is 2.92. The minimum atomic E-state index is -1.07. The maximum atomic E-state index is 10.7. The summed E-state index contributed by atoms with van der Waals surface area (Å²) in [6.45, 7) is 2.21. The van der Waals surface area contributed by atoms with E-state index in [0.717, 1.165) is 19.3 Å². The van der Waals surface area contributed by atoms with Gasteiger partial charge in [0.15, 0.2) is 0 Å². The van der Waals surface area contributed by atoms with Crippen molar-refractivity contribution < 1.29 is 24.1 Å². The third-order valence-electron chi connectivity index (χ3n) is 4.20. The molecule has 0 amide bonds. The first kappa shape index (κ1) is 21.4. The van der Waals surface area contributed by atoms with Crippen molar-refractivity contribution in [3.8, 4) is 0 Å². The molecular formula is C17H34O5. The quantitative estimate of drug-likeness (QED) is 0.362. The van der Waals surface area contributed by atoms with Gasteiger partial charge in [-0.3, -0.25) is 4.79 Å². The van der Waals surface area contributed by atoms with Crippen LogP contribution in [0.5, 0.6) is 0 Å². The van der Waals surface area contributed by atoms with E-state index in [1.165, 1.54) is 32.1 Å². The molecule has 0 bridgehead atoms. The summed E-state index contributed by atoms with van der Waals surface area (Å²) >= 11 is 0. The van der Waals surface area contributed by atoms with E-state index in [1.54, 1.807) is 21.3 Å². The molecule has 0 spiro atoms. The van der Waals surface area contributed by atoms with Crippen molar-refractivity contribution in [1.29, 1.82) is 0 Å². The van der Waals surface area contributed by atoms with E-state index in [0.29, 0.717) is 6.42 Å². The zero-order valence-electron chi connectivity index (χ0n) is 14.7. The molecule has 0 saturated heterocycles. The van der Waals surface area contributed by atoms with E-state index in [4.69, 9.17) is 19.3 Å². The zero-order chi connectivity index (χ0) is 16.8. The number of methoxy groups -OCH3 is 3. The summed E-state index contributed by atoms with van der Waals surface area (Å²) in [4.78, 5) is 10.7. The Bertz CT molecular complexity index is 268. The summed E-state index contributed by atoms with van der Waals surface area (Å²) in [5, 5.41) is 8.80.